The van der Waals surface area contributed by atoms with Crippen LogP contribution in [-0.2, 0) is 16.1 Å². The number of hydrogen-bond acceptors (Lipinski definition) is 3. The lowest BCUT2D eigenvalue weighted by Crippen LogP contribution is -3.13. The molecule has 146 valence electrons. The number of aryl methyl sites for hydroxylation is 1. The molecule has 2 aliphatic rings. The number of carbonyl (C=O) groups excluding carboxylic acids is 2. The van der Waals surface area contributed by atoms with Gasteiger partial charge in [0.1, 0.15) is 12.3 Å². The van der Waals surface area contributed by atoms with Crippen molar-refractivity contribution in [3.05, 3.63) is 59.7 Å². The van der Waals surface area contributed by atoms with E-state index in [9.17, 15) is 9.59 Å². The zero-order valence-corrected chi connectivity index (χ0v) is 16.1. The number of para-hydroxylation sites is 2. The third-order valence-electron chi connectivity index (χ3n) is 5.59. The van der Waals surface area contributed by atoms with Gasteiger partial charge in [0.05, 0.1) is 38.3 Å². The summed E-state index contributed by atoms with van der Waals surface area (Å²) >= 11 is 0. The summed E-state index contributed by atoms with van der Waals surface area (Å²) in [4.78, 5) is 28.3. The van der Waals surface area contributed by atoms with Crippen LogP contribution in [0.5, 0.6) is 5.75 Å². The normalized spacial score (nSPS) is 19.5. The van der Waals surface area contributed by atoms with Gasteiger partial charge in [-0.25, -0.2) is 0 Å². The summed E-state index contributed by atoms with van der Waals surface area (Å²) in [6.45, 7) is 6.39. The Kier molecular flexibility index (Phi) is 5.30. The Morgan fingerprint density at radius 2 is 1.86 bits per heavy atom. The molecular formula is C22H26N3O3+. The molecule has 6 heteroatoms. The van der Waals surface area contributed by atoms with Gasteiger partial charge in [0.25, 0.3) is 5.91 Å². The van der Waals surface area contributed by atoms with Crippen LogP contribution in [0.3, 0.4) is 0 Å². The summed E-state index contributed by atoms with van der Waals surface area (Å²) in [6.07, 6.45) is -0.687. The van der Waals surface area contributed by atoms with E-state index in [0.717, 1.165) is 19.6 Å². The fourth-order valence-corrected chi connectivity index (χ4v) is 3.84. The van der Waals surface area contributed by atoms with Crippen LogP contribution in [0.2, 0.25) is 0 Å². The molecule has 2 N–H and O–H groups in total. The number of benzene rings is 2. The maximum atomic E-state index is 12.7. The fourth-order valence-electron chi connectivity index (χ4n) is 3.84. The largest absolute Gasteiger partial charge is 0.478 e. The van der Waals surface area contributed by atoms with E-state index in [-0.39, 0.29) is 18.2 Å². The number of nitrogens with one attached hydrogen (secondary N) is 2. The van der Waals surface area contributed by atoms with Crippen LogP contribution in [0.4, 0.5) is 5.69 Å². The van der Waals surface area contributed by atoms with Gasteiger partial charge in [0.2, 0.25) is 5.91 Å². The molecule has 0 unspecified atom stereocenters. The lowest BCUT2D eigenvalue weighted by molar-refractivity contribution is -0.917. The van der Waals surface area contributed by atoms with Crippen LogP contribution in [-0.4, -0.2) is 49.0 Å². The first-order valence-electron chi connectivity index (χ1n) is 9.82. The Bertz CT molecular complexity index is 875. The lowest BCUT2D eigenvalue weighted by Gasteiger charge is -2.33. The van der Waals surface area contributed by atoms with Gasteiger partial charge in [0, 0.05) is 5.56 Å². The van der Waals surface area contributed by atoms with Crippen molar-refractivity contribution < 1.29 is 19.2 Å². The predicted octanol–water partition coefficient (Wildman–Crippen LogP) is 1.01. The quantitative estimate of drug-likeness (QED) is 0.832. The van der Waals surface area contributed by atoms with E-state index < -0.39 is 6.10 Å². The fraction of sp³-hybridized carbons (Fsp3) is 0.364. The summed E-state index contributed by atoms with van der Waals surface area (Å²) in [5, 5.41) is 2.82. The van der Waals surface area contributed by atoms with E-state index in [0.29, 0.717) is 24.5 Å². The molecule has 2 aromatic rings. The van der Waals surface area contributed by atoms with E-state index in [1.807, 2.05) is 17.0 Å². The zero-order chi connectivity index (χ0) is 19.5. The Morgan fingerprint density at radius 3 is 2.64 bits per heavy atom. The topological polar surface area (TPSA) is 63.1 Å². The van der Waals surface area contributed by atoms with Crippen LogP contribution in [0.15, 0.2) is 48.5 Å². The van der Waals surface area contributed by atoms with Crippen molar-refractivity contribution in [1.29, 1.82) is 0 Å². The molecule has 4 rings (SSSR count). The second-order valence-electron chi connectivity index (χ2n) is 7.53. The molecular weight excluding hydrogens is 354 g/mol. The van der Waals surface area contributed by atoms with Crippen molar-refractivity contribution in [3.8, 4) is 5.75 Å². The Balaban J connectivity index is 1.30. The van der Waals surface area contributed by atoms with Crippen molar-refractivity contribution in [3.63, 3.8) is 0 Å². The summed E-state index contributed by atoms with van der Waals surface area (Å²) < 4.78 is 5.75. The van der Waals surface area contributed by atoms with Crippen molar-refractivity contribution >= 4 is 17.5 Å². The van der Waals surface area contributed by atoms with Crippen LogP contribution < -0.4 is 15.0 Å². The number of hydrogen-bond donors (Lipinski definition) is 2. The van der Waals surface area contributed by atoms with Crippen molar-refractivity contribution in [2.24, 2.45) is 0 Å². The first-order valence-corrected chi connectivity index (χ1v) is 9.82. The highest BCUT2D eigenvalue weighted by molar-refractivity contribution is 5.99. The third kappa shape index (κ3) is 4.02. The standard InChI is InChI=1S/C22H25N3O3/c1-16-6-2-3-7-17(16)15-24-10-12-25(13-11-24)21(26)14-20-22(27)23-18-8-4-5-9-19(18)28-20/h2-9,20H,10-15H2,1H3,(H,23,27)/p+1/t20-/m0/s1. The number of anilines is 1. The molecule has 2 aliphatic heterocycles. The minimum Gasteiger partial charge on any atom is -0.478 e. The molecule has 1 atom stereocenters. The van der Waals surface area contributed by atoms with Crippen molar-refractivity contribution in [1.82, 2.24) is 4.90 Å². The molecule has 2 aromatic carbocycles. The molecule has 0 bridgehead atoms. The molecule has 0 spiro atoms. The third-order valence-corrected chi connectivity index (χ3v) is 5.59. The SMILES string of the molecule is Cc1ccccc1C[NH+]1CCN(C(=O)C[C@@H]2Oc3ccccc3NC2=O)CC1. The van der Waals surface area contributed by atoms with Crippen molar-refractivity contribution in [2.75, 3.05) is 31.5 Å². The van der Waals surface area contributed by atoms with Gasteiger partial charge < -0.3 is 19.9 Å². The smallest absolute Gasteiger partial charge is 0.266 e. The summed E-state index contributed by atoms with van der Waals surface area (Å²) in [5.74, 6) is 0.345. The van der Waals surface area contributed by atoms with Gasteiger partial charge in [0.15, 0.2) is 6.10 Å². The Morgan fingerprint density at radius 1 is 1.14 bits per heavy atom. The molecule has 28 heavy (non-hydrogen) atoms. The number of carbonyl (C=O) groups is 2. The highest BCUT2D eigenvalue weighted by atomic mass is 16.5. The number of ether oxygens (including phenoxy) is 1. The maximum Gasteiger partial charge on any atom is 0.266 e. The number of fused-ring (bicyclic) bond motifs is 1. The monoisotopic (exact) mass is 380 g/mol. The van der Waals surface area contributed by atoms with Gasteiger partial charge in [-0.1, -0.05) is 36.4 Å². The molecule has 0 radical (unpaired) electrons. The molecule has 2 heterocycles. The molecule has 0 saturated carbocycles. The Labute approximate surface area is 165 Å². The first-order chi connectivity index (χ1) is 13.6. The van der Waals surface area contributed by atoms with Gasteiger partial charge in [-0.05, 0) is 24.6 Å². The average Bonchev–Trinajstić information content (AvgIpc) is 2.71. The number of piperazine rings is 1. The van der Waals surface area contributed by atoms with Crippen molar-refractivity contribution in [2.45, 2.75) is 26.0 Å². The molecule has 0 aromatic heterocycles. The van der Waals surface area contributed by atoms with Crippen LogP contribution in [0.1, 0.15) is 17.5 Å². The Hall–Kier alpha value is -2.86. The van der Waals surface area contributed by atoms with Gasteiger partial charge >= 0.3 is 0 Å². The minimum atomic E-state index is -0.764. The highest BCUT2D eigenvalue weighted by Gasteiger charge is 2.32. The van der Waals surface area contributed by atoms with Crippen LogP contribution in [0, 0.1) is 6.92 Å². The number of amides is 2. The maximum absolute atomic E-state index is 12.7. The molecule has 2 amide bonds. The van der Waals surface area contributed by atoms with E-state index in [1.165, 1.54) is 16.0 Å². The molecule has 0 aliphatic carbocycles. The van der Waals surface area contributed by atoms with Gasteiger partial charge in [-0.3, -0.25) is 9.59 Å². The second kappa shape index (κ2) is 8.02. The molecule has 6 nitrogen and oxygen atoms in total. The molecule has 1 fully saturated rings. The molecule has 1 saturated heterocycles. The van der Waals surface area contributed by atoms with Gasteiger partial charge in [-0.15, -0.1) is 0 Å². The number of nitrogens with zero attached hydrogens (tertiary/aromatic N) is 1. The van der Waals surface area contributed by atoms with E-state index in [4.69, 9.17) is 4.74 Å². The summed E-state index contributed by atoms with van der Waals surface area (Å²) in [7, 11) is 0. The van der Waals surface area contributed by atoms with Gasteiger partial charge in [-0.2, -0.15) is 0 Å². The van der Waals surface area contributed by atoms with Crippen LogP contribution >= 0.6 is 0 Å². The predicted molar refractivity (Wildman–Crippen MR) is 106 cm³/mol. The average molecular weight is 380 g/mol. The number of quaternary nitrogens is 1. The highest BCUT2D eigenvalue weighted by Crippen LogP contribution is 2.29. The van der Waals surface area contributed by atoms with E-state index >= 15 is 0 Å². The van der Waals surface area contributed by atoms with E-state index in [2.05, 4.69) is 36.5 Å². The number of rotatable bonds is 4. The second-order valence-corrected chi connectivity index (χ2v) is 7.53. The van der Waals surface area contributed by atoms with E-state index in [1.54, 1.807) is 12.1 Å². The zero-order valence-electron chi connectivity index (χ0n) is 16.1. The summed E-state index contributed by atoms with van der Waals surface area (Å²) in [6, 6.07) is 15.8. The lowest BCUT2D eigenvalue weighted by atomic mass is 10.1. The van der Waals surface area contributed by atoms with Crippen LogP contribution in [0.25, 0.3) is 0 Å². The summed E-state index contributed by atoms with van der Waals surface area (Å²) in [5.41, 5.74) is 3.34. The first kappa shape index (κ1) is 18.5. The minimum absolute atomic E-state index is 0.0190.